The average molecular weight is 203 g/mol. The minimum Gasteiger partial charge on any atom is -0.368 e. The van der Waals surface area contributed by atoms with E-state index in [0.717, 1.165) is 11.3 Å². The lowest BCUT2D eigenvalue weighted by atomic mass is 10.2. The summed E-state index contributed by atoms with van der Waals surface area (Å²) in [7, 11) is 1.76. The van der Waals surface area contributed by atoms with Gasteiger partial charge in [0.2, 0.25) is 11.9 Å². The average Bonchev–Trinajstić information content (AvgIpc) is 2.60. The topological polar surface area (TPSA) is 68.8 Å². The molecule has 78 valence electrons. The molecule has 2 rings (SSSR count). The molecule has 0 aliphatic heterocycles. The molecule has 0 bridgehead atoms. The predicted octanol–water partition coefficient (Wildman–Crippen LogP) is 1.20. The summed E-state index contributed by atoms with van der Waals surface area (Å²) in [6.07, 6.45) is 0. The second-order valence-electron chi connectivity index (χ2n) is 3.29. The Morgan fingerprint density at radius 2 is 2.20 bits per heavy atom. The van der Waals surface area contributed by atoms with E-state index in [0.29, 0.717) is 11.9 Å². The van der Waals surface area contributed by atoms with Crippen molar-refractivity contribution >= 4 is 11.9 Å². The van der Waals surface area contributed by atoms with Crippen LogP contribution in [0.2, 0.25) is 0 Å². The third-order valence-corrected chi connectivity index (χ3v) is 2.10. The summed E-state index contributed by atoms with van der Waals surface area (Å²) in [5.41, 5.74) is 7.83. The molecule has 0 saturated heterocycles. The zero-order chi connectivity index (χ0) is 10.8. The first kappa shape index (κ1) is 9.51. The molecule has 1 aromatic carbocycles. The van der Waals surface area contributed by atoms with Gasteiger partial charge in [-0.2, -0.15) is 9.67 Å². The molecule has 0 atom stereocenters. The Balaban J connectivity index is 2.48. The number of rotatable bonds is 2. The van der Waals surface area contributed by atoms with Gasteiger partial charge in [-0.15, -0.1) is 5.10 Å². The number of nitrogens with zero attached hydrogens (tertiary/aromatic N) is 3. The van der Waals surface area contributed by atoms with Crippen LogP contribution in [0.5, 0.6) is 0 Å². The van der Waals surface area contributed by atoms with Gasteiger partial charge in [-0.1, -0.05) is 12.1 Å². The molecule has 0 saturated carbocycles. The van der Waals surface area contributed by atoms with Crippen molar-refractivity contribution < 1.29 is 0 Å². The van der Waals surface area contributed by atoms with Crippen LogP contribution in [0.1, 0.15) is 5.56 Å². The number of aromatic nitrogens is 3. The number of hydrogen-bond acceptors (Lipinski definition) is 4. The number of anilines is 2. The van der Waals surface area contributed by atoms with E-state index in [2.05, 4.69) is 15.4 Å². The van der Waals surface area contributed by atoms with E-state index in [-0.39, 0.29) is 0 Å². The number of nitrogen functional groups attached to an aromatic ring is 1. The fraction of sp³-hybridized carbons (Fsp3) is 0.200. The van der Waals surface area contributed by atoms with E-state index >= 15 is 0 Å². The molecule has 1 heterocycles. The van der Waals surface area contributed by atoms with Crippen molar-refractivity contribution in [1.29, 1.82) is 0 Å². The molecule has 5 heteroatoms. The van der Waals surface area contributed by atoms with Gasteiger partial charge in [0.15, 0.2) is 0 Å². The van der Waals surface area contributed by atoms with Crippen molar-refractivity contribution in [2.24, 2.45) is 0 Å². The zero-order valence-electron chi connectivity index (χ0n) is 8.73. The van der Waals surface area contributed by atoms with Crippen LogP contribution in [0.25, 0.3) is 5.69 Å². The van der Waals surface area contributed by atoms with Crippen LogP contribution in [0.15, 0.2) is 24.3 Å². The van der Waals surface area contributed by atoms with Gasteiger partial charge in [0.05, 0.1) is 5.69 Å². The van der Waals surface area contributed by atoms with Crippen molar-refractivity contribution in [3.8, 4) is 5.69 Å². The highest BCUT2D eigenvalue weighted by Crippen LogP contribution is 2.14. The molecular weight excluding hydrogens is 190 g/mol. The summed E-state index contributed by atoms with van der Waals surface area (Å²) < 4.78 is 1.61. The van der Waals surface area contributed by atoms with E-state index in [1.54, 1.807) is 11.7 Å². The maximum Gasteiger partial charge on any atom is 0.244 e. The first-order valence-corrected chi connectivity index (χ1v) is 4.68. The first-order valence-electron chi connectivity index (χ1n) is 4.68. The van der Waals surface area contributed by atoms with Crippen molar-refractivity contribution in [2.45, 2.75) is 6.92 Å². The van der Waals surface area contributed by atoms with Gasteiger partial charge in [-0.05, 0) is 24.6 Å². The van der Waals surface area contributed by atoms with E-state index in [1.807, 2.05) is 31.2 Å². The van der Waals surface area contributed by atoms with Crippen molar-refractivity contribution in [2.75, 3.05) is 18.1 Å². The van der Waals surface area contributed by atoms with Gasteiger partial charge in [0.25, 0.3) is 0 Å². The van der Waals surface area contributed by atoms with Crippen LogP contribution in [0.3, 0.4) is 0 Å². The molecule has 0 amide bonds. The zero-order valence-corrected chi connectivity index (χ0v) is 8.73. The van der Waals surface area contributed by atoms with Crippen molar-refractivity contribution in [1.82, 2.24) is 14.8 Å². The smallest absolute Gasteiger partial charge is 0.244 e. The molecule has 2 aromatic rings. The Labute approximate surface area is 87.9 Å². The monoisotopic (exact) mass is 203 g/mol. The highest BCUT2D eigenvalue weighted by molar-refractivity contribution is 5.42. The first-order chi connectivity index (χ1) is 7.20. The van der Waals surface area contributed by atoms with Crippen LogP contribution in [0, 0.1) is 6.92 Å². The van der Waals surface area contributed by atoms with Gasteiger partial charge in [-0.3, -0.25) is 0 Å². The van der Waals surface area contributed by atoms with E-state index in [4.69, 9.17) is 5.73 Å². The maximum absolute atomic E-state index is 5.75. The van der Waals surface area contributed by atoms with Crippen LogP contribution in [-0.2, 0) is 0 Å². The van der Waals surface area contributed by atoms with Gasteiger partial charge in [0, 0.05) is 7.05 Å². The maximum atomic E-state index is 5.75. The molecular formula is C10H13N5. The van der Waals surface area contributed by atoms with Gasteiger partial charge < -0.3 is 11.1 Å². The molecule has 0 aliphatic carbocycles. The lowest BCUT2D eigenvalue weighted by Crippen LogP contribution is -2.02. The lowest BCUT2D eigenvalue weighted by Gasteiger charge is -2.02. The normalized spacial score (nSPS) is 10.3. The predicted molar refractivity (Wildman–Crippen MR) is 60.1 cm³/mol. The molecule has 3 N–H and O–H groups in total. The molecule has 0 spiro atoms. The second kappa shape index (κ2) is 3.61. The third kappa shape index (κ3) is 1.76. The molecule has 0 unspecified atom stereocenters. The highest BCUT2D eigenvalue weighted by Gasteiger charge is 2.06. The standard InChI is InChI=1S/C10H13N5/c1-7-4-3-5-8(6-7)15-9(11)13-10(12-2)14-15/h3-6H,1-2H3,(H3,11,12,13,14). The van der Waals surface area contributed by atoms with Gasteiger partial charge >= 0.3 is 0 Å². The van der Waals surface area contributed by atoms with E-state index in [1.165, 1.54) is 0 Å². The van der Waals surface area contributed by atoms with Crippen LogP contribution in [0.4, 0.5) is 11.9 Å². The van der Waals surface area contributed by atoms with Crippen molar-refractivity contribution in [3.63, 3.8) is 0 Å². The van der Waals surface area contributed by atoms with Gasteiger partial charge in [-0.25, -0.2) is 0 Å². The summed E-state index contributed by atoms with van der Waals surface area (Å²) in [6.45, 7) is 2.02. The van der Waals surface area contributed by atoms with Gasteiger partial charge in [0.1, 0.15) is 0 Å². The Bertz CT molecular complexity index is 474. The van der Waals surface area contributed by atoms with Crippen LogP contribution >= 0.6 is 0 Å². The minimum atomic E-state index is 0.380. The minimum absolute atomic E-state index is 0.380. The number of aryl methyl sites for hydroxylation is 1. The summed E-state index contributed by atoms with van der Waals surface area (Å²) in [4.78, 5) is 4.05. The Morgan fingerprint density at radius 1 is 1.40 bits per heavy atom. The second-order valence-corrected chi connectivity index (χ2v) is 3.29. The summed E-state index contributed by atoms with van der Waals surface area (Å²) in [6, 6.07) is 7.93. The fourth-order valence-corrected chi connectivity index (χ4v) is 1.38. The summed E-state index contributed by atoms with van der Waals surface area (Å²) in [5, 5.41) is 7.06. The molecule has 5 nitrogen and oxygen atoms in total. The van der Waals surface area contributed by atoms with Crippen LogP contribution < -0.4 is 11.1 Å². The Morgan fingerprint density at radius 3 is 2.80 bits per heavy atom. The Hall–Kier alpha value is -2.04. The molecule has 1 aromatic heterocycles. The fourth-order valence-electron chi connectivity index (χ4n) is 1.38. The molecule has 0 fully saturated rings. The highest BCUT2D eigenvalue weighted by atomic mass is 15.4. The molecule has 0 radical (unpaired) electrons. The number of nitrogens with two attached hydrogens (primary N) is 1. The Kier molecular flexibility index (Phi) is 2.29. The molecule has 15 heavy (non-hydrogen) atoms. The quantitative estimate of drug-likeness (QED) is 0.769. The van der Waals surface area contributed by atoms with E-state index in [9.17, 15) is 0 Å². The SMILES string of the molecule is CNc1nc(N)n(-c2cccc(C)c2)n1. The molecule has 0 aliphatic rings. The van der Waals surface area contributed by atoms with Crippen LogP contribution in [-0.4, -0.2) is 21.8 Å². The summed E-state index contributed by atoms with van der Waals surface area (Å²) >= 11 is 0. The van der Waals surface area contributed by atoms with Crippen molar-refractivity contribution in [3.05, 3.63) is 29.8 Å². The third-order valence-electron chi connectivity index (χ3n) is 2.10. The van der Waals surface area contributed by atoms with E-state index < -0.39 is 0 Å². The lowest BCUT2D eigenvalue weighted by molar-refractivity contribution is 0.891. The largest absolute Gasteiger partial charge is 0.368 e. The number of nitrogens with one attached hydrogen (secondary N) is 1. The number of benzene rings is 1. The summed E-state index contributed by atoms with van der Waals surface area (Å²) in [5.74, 6) is 0.902. The number of hydrogen-bond donors (Lipinski definition) is 2.